The maximum absolute atomic E-state index is 10.6. The zero-order chi connectivity index (χ0) is 13.7. The summed E-state index contributed by atoms with van der Waals surface area (Å²) in [4.78, 5) is 16.0. The van der Waals surface area contributed by atoms with E-state index in [1.165, 1.54) is 4.90 Å². The van der Waals surface area contributed by atoms with Gasteiger partial charge in [-0.2, -0.15) is 4.98 Å². The topological polar surface area (TPSA) is 94.0 Å². The lowest BCUT2D eigenvalue weighted by Gasteiger charge is -1.97. The molecule has 1 amide bonds. The highest BCUT2D eigenvalue weighted by Gasteiger charge is 2.08. The van der Waals surface area contributed by atoms with Gasteiger partial charge in [-0.15, -0.1) is 11.8 Å². The number of nitrogens with one attached hydrogen (secondary N) is 1. The Kier molecular flexibility index (Phi) is 4.53. The van der Waals surface area contributed by atoms with Gasteiger partial charge in [0.05, 0.1) is 13.1 Å². The molecule has 19 heavy (non-hydrogen) atoms. The van der Waals surface area contributed by atoms with Crippen LogP contribution in [0.5, 0.6) is 0 Å². The summed E-state index contributed by atoms with van der Waals surface area (Å²) < 4.78 is 5.08. The highest BCUT2D eigenvalue weighted by molar-refractivity contribution is 7.98. The number of thioether (sulfide) groups is 1. The Morgan fingerprint density at radius 2 is 2.16 bits per heavy atom. The van der Waals surface area contributed by atoms with Gasteiger partial charge < -0.3 is 10.3 Å². The molecule has 2 rings (SSSR count). The van der Waals surface area contributed by atoms with Crippen LogP contribution in [0.3, 0.4) is 0 Å². The minimum Gasteiger partial charge on any atom is -0.369 e. The van der Waals surface area contributed by atoms with E-state index in [2.05, 4.69) is 15.5 Å². The van der Waals surface area contributed by atoms with Gasteiger partial charge in [-0.3, -0.25) is 10.1 Å². The lowest BCUT2D eigenvalue weighted by atomic mass is 10.2. The predicted octanol–water partition coefficient (Wildman–Crippen LogP) is 1.03. The van der Waals surface area contributed by atoms with Crippen LogP contribution in [0.1, 0.15) is 5.89 Å². The Morgan fingerprint density at radius 3 is 2.79 bits per heavy atom. The average molecular weight is 278 g/mol. The molecule has 0 radical (unpaired) electrons. The first-order valence-electron chi connectivity index (χ1n) is 5.65. The van der Waals surface area contributed by atoms with E-state index in [1.807, 2.05) is 30.5 Å². The molecular formula is C12H14N4O2S. The maximum atomic E-state index is 10.6. The van der Waals surface area contributed by atoms with E-state index >= 15 is 0 Å². The van der Waals surface area contributed by atoms with Crippen molar-refractivity contribution >= 4 is 17.7 Å². The van der Waals surface area contributed by atoms with Gasteiger partial charge >= 0.3 is 0 Å². The monoisotopic (exact) mass is 278 g/mol. The highest BCUT2D eigenvalue weighted by Crippen LogP contribution is 2.20. The van der Waals surface area contributed by atoms with Crippen molar-refractivity contribution in [3.63, 3.8) is 0 Å². The van der Waals surface area contributed by atoms with E-state index in [1.54, 1.807) is 11.8 Å². The summed E-state index contributed by atoms with van der Waals surface area (Å²) in [7, 11) is 0. The van der Waals surface area contributed by atoms with Crippen LogP contribution in [-0.4, -0.2) is 28.8 Å². The molecule has 0 aliphatic heterocycles. The van der Waals surface area contributed by atoms with Crippen LogP contribution in [0.25, 0.3) is 11.4 Å². The van der Waals surface area contributed by atoms with Crippen molar-refractivity contribution in [2.45, 2.75) is 11.4 Å². The molecule has 0 atom stereocenters. The van der Waals surface area contributed by atoms with Gasteiger partial charge in [0, 0.05) is 10.5 Å². The Balaban J connectivity index is 2.01. The molecule has 2 aromatic rings. The van der Waals surface area contributed by atoms with Gasteiger partial charge in [-0.1, -0.05) is 5.16 Å². The second-order valence-corrected chi connectivity index (χ2v) is 4.69. The Hall–Kier alpha value is -1.86. The lowest BCUT2D eigenvalue weighted by Crippen LogP contribution is -2.28. The number of amides is 1. The number of nitrogens with zero attached hydrogens (tertiary/aromatic N) is 2. The van der Waals surface area contributed by atoms with Gasteiger partial charge in [0.15, 0.2) is 0 Å². The molecule has 0 saturated carbocycles. The number of benzene rings is 1. The van der Waals surface area contributed by atoms with Gasteiger partial charge in [0.1, 0.15) is 0 Å². The molecule has 7 heteroatoms. The Bertz CT molecular complexity index is 553. The number of hydrogen-bond donors (Lipinski definition) is 2. The summed E-state index contributed by atoms with van der Waals surface area (Å²) in [6, 6.07) is 7.89. The third-order valence-corrected chi connectivity index (χ3v) is 3.14. The molecular weight excluding hydrogens is 264 g/mol. The fourth-order valence-corrected chi connectivity index (χ4v) is 1.88. The normalized spacial score (nSPS) is 10.6. The van der Waals surface area contributed by atoms with E-state index in [0.717, 1.165) is 5.56 Å². The van der Waals surface area contributed by atoms with Crippen molar-refractivity contribution in [1.29, 1.82) is 0 Å². The van der Waals surface area contributed by atoms with Gasteiger partial charge in [0.2, 0.25) is 17.6 Å². The highest BCUT2D eigenvalue weighted by atomic mass is 32.2. The van der Waals surface area contributed by atoms with Crippen molar-refractivity contribution in [3.8, 4) is 11.4 Å². The summed E-state index contributed by atoms with van der Waals surface area (Å²) >= 11 is 1.67. The molecule has 1 heterocycles. The Labute approximate surface area is 114 Å². The molecule has 3 N–H and O–H groups in total. The van der Waals surface area contributed by atoms with E-state index < -0.39 is 5.91 Å². The van der Waals surface area contributed by atoms with Crippen LogP contribution in [0.2, 0.25) is 0 Å². The predicted molar refractivity (Wildman–Crippen MR) is 72.4 cm³/mol. The minimum atomic E-state index is -0.424. The van der Waals surface area contributed by atoms with Gasteiger partial charge in [-0.25, -0.2) is 0 Å². The largest absolute Gasteiger partial charge is 0.369 e. The molecule has 0 unspecified atom stereocenters. The number of primary amides is 1. The summed E-state index contributed by atoms with van der Waals surface area (Å²) in [6.07, 6.45) is 2.02. The zero-order valence-electron chi connectivity index (χ0n) is 10.4. The van der Waals surface area contributed by atoms with Crippen molar-refractivity contribution < 1.29 is 9.32 Å². The van der Waals surface area contributed by atoms with Crippen LogP contribution >= 0.6 is 11.8 Å². The van der Waals surface area contributed by atoms with Crippen LogP contribution in [0.15, 0.2) is 33.7 Å². The van der Waals surface area contributed by atoms with Crippen LogP contribution in [-0.2, 0) is 11.3 Å². The molecule has 0 fully saturated rings. The molecule has 6 nitrogen and oxygen atoms in total. The van der Waals surface area contributed by atoms with Gasteiger partial charge in [-0.05, 0) is 30.5 Å². The number of aromatic nitrogens is 2. The third kappa shape index (κ3) is 3.80. The van der Waals surface area contributed by atoms with Crippen molar-refractivity contribution in [1.82, 2.24) is 15.5 Å². The second kappa shape index (κ2) is 6.35. The second-order valence-electron chi connectivity index (χ2n) is 3.81. The standard InChI is InChI=1S/C12H14N4O2S/c1-19-9-4-2-8(3-5-9)12-15-11(18-16-12)7-14-6-10(13)17/h2-5,14H,6-7H2,1H3,(H2,13,17). The molecule has 1 aromatic carbocycles. The molecule has 0 aliphatic rings. The van der Waals surface area contributed by atoms with Crippen LogP contribution in [0.4, 0.5) is 0 Å². The summed E-state index contributed by atoms with van der Waals surface area (Å²) in [5.41, 5.74) is 5.90. The van der Waals surface area contributed by atoms with E-state index in [0.29, 0.717) is 18.3 Å². The summed E-state index contributed by atoms with van der Waals surface area (Å²) in [6.45, 7) is 0.402. The van der Waals surface area contributed by atoms with Crippen LogP contribution < -0.4 is 11.1 Å². The third-order valence-electron chi connectivity index (χ3n) is 2.39. The molecule has 0 aliphatic carbocycles. The maximum Gasteiger partial charge on any atom is 0.240 e. The van der Waals surface area contributed by atoms with Crippen LogP contribution in [0, 0.1) is 0 Å². The minimum absolute atomic E-state index is 0.0835. The molecule has 0 bridgehead atoms. The number of rotatable bonds is 6. The van der Waals surface area contributed by atoms with E-state index in [4.69, 9.17) is 10.3 Å². The zero-order valence-corrected chi connectivity index (χ0v) is 11.2. The number of nitrogens with two attached hydrogens (primary N) is 1. The fourth-order valence-electron chi connectivity index (χ4n) is 1.48. The first-order valence-corrected chi connectivity index (χ1v) is 6.87. The van der Waals surface area contributed by atoms with Crippen molar-refractivity contribution in [3.05, 3.63) is 30.2 Å². The van der Waals surface area contributed by atoms with E-state index in [9.17, 15) is 4.79 Å². The van der Waals surface area contributed by atoms with Crippen molar-refractivity contribution in [2.75, 3.05) is 12.8 Å². The first kappa shape index (κ1) is 13.6. The lowest BCUT2D eigenvalue weighted by molar-refractivity contribution is -0.117. The quantitative estimate of drug-likeness (QED) is 0.767. The molecule has 1 aromatic heterocycles. The molecule has 0 saturated heterocycles. The fraction of sp³-hybridized carbons (Fsp3) is 0.250. The average Bonchev–Trinajstić information content (AvgIpc) is 2.87. The van der Waals surface area contributed by atoms with Crippen molar-refractivity contribution in [2.24, 2.45) is 5.73 Å². The van der Waals surface area contributed by atoms with Gasteiger partial charge in [0.25, 0.3) is 0 Å². The van der Waals surface area contributed by atoms with E-state index in [-0.39, 0.29) is 6.54 Å². The molecule has 0 spiro atoms. The Morgan fingerprint density at radius 1 is 1.42 bits per heavy atom. The molecule has 100 valence electrons. The summed E-state index contributed by atoms with van der Waals surface area (Å²) in [5, 5.41) is 6.70. The first-order chi connectivity index (χ1) is 9.19. The smallest absolute Gasteiger partial charge is 0.240 e. The summed E-state index contributed by atoms with van der Waals surface area (Å²) in [5.74, 6) is 0.529. The number of carbonyl (C=O) groups excluding carboxylic acids is 1. The number of carbonyl (C=O) groups is 1. The number of hydrogen-bond acceptors (Lipinski definition) is 6. The SMILES string of the molecule is CSc1ccc(-c2noc(CNCC(N)=O)n2)cc1.